The van der Waals surface area contributed by atoms with Crippen molar-refractivity contribution in [3.05, 3.63) is 125 Å². The van der Waals surface area contributed by atoms with E-state index in [0.717, 1.165) is 11.1 Å². The van der Waals surface area contributed by atoms with Crippen LogP contribution in [0.25, 0.3) is 0 Å². The van der Waals surface area contributed by atoms with Crippen molar-refractivity contribution in [1.82, 2.24) is 5.32 Å². The molecule has 6 nitrogen and oxygen atoms in total. The zero-order valence-corrected chi connectivity index (χ0v) is 21.6. The van der Waals surface area contributed by atoms with E-state index in [2.05, 4.69) is 5.32 Å². The van der Waals surface area contributed by atoms with E-state index in [1.54, 1.807) is 30.3 Å². The maximum absolute atomic E-state index is 14.3. The van der Waals surface area contributed by atoms with Crippen LogP contribution in [0.1, 0.15) is 40.0 Å². The summed E-state index contributed by atoms with van der Waals surface area (Å²) in [5.41, 5.74) is 3.24. The van der Waals surface area contributed by atoms with Gasteiger partial charge in [-0.05, 0) is 59.5 Å². The van der Waals surface area contributed by atoms with Gasteiger partial charge >= 0.3 is 0 Å². The molecule has 0 saturated heterocycles. The molecule has 39 heavy (non-hydrogen) atoms. The lowest BCUT2D eigenvalue weighted by Gasteiger charge is -2.33. The van der Waals surface area contributed by atoms with Gasteiger partial charge in [-0.3, -0.25) is 14.5 Å². The monoisotopic (exact) mass is 524 g/mol. The van der Waals surface area contributed by atoms with Crippen molar-refractivity contribution in [1.29, 1.82) is 0 Å². The van der Waals surface area contributed by atoms with Gasteiger partial charge in [0.05, 0.1) is 0 Å². The van der Waals surface area contributed by atoms with Gasteiger partial charge in [-0.2, -0.15) is 0 Å². The lowest BCUT2D eigenvalue weighted by Crippen LogP contribution is -2.44. The molecule has 5 rings (SSSR count). The number of halogens is 1. The Morgan fingerprint density at radius 3 is 2.31 bits per heavy atom. The number of benzene rings is 4. The van der Waals surface area contributed by atoms with Crippen LogP contribution in [0, 0.1) is 5.82 Å². The van der Waals surface area contributed by atoms with E-state index < -0.39 is 17.8 Å². The van der Waals surface area contributed by atoms with Gasteiger partial charge in [-0.25, -0.2) is 4.39 Å². The topological polar surface area (TPSA) is 67.9 Å². The summed E-state index contributed by atoms with van der Waals surface area (Å²) >= 11 is 0. The molecule has 0 saturated carbocycles. The highest BCUT2D eigenvalue weighted by atomic mass is 19.1. The first-order chi connectivity index (χ1) is 19.0. The standard InChI is InChI=1S/C32H29FN2O4/c1-2-23-10-6-7-11-27(23)35(32(37)25-14-17-28-29(20-25)39-19-18-38-28)30(24-12-15-26(33)16-13-24)31(36)34-21-22-8-4-3-5-9-22/h3-17,20,30H,2,18-19,21H2,1H3,(H,34,36)/t30-/m0/s1. The SMILES string of the molecule is CCc1ccccc1N(C(=O)c1ccc2c(c1)OCCO2)[C@H](C(=O)NCc1ccccc1)c1ccc(F)cc1. The predicted molar refractivity (Wildman–Crippen MR) is 147 cm³/mol. The lowest BCUT2D eigenvalue weighted by molar-refractivity contribution is -0.122. The molecule has 1 heterocycles. The molecule has 4 aromatic carbocycles. The van der Waals surface area contributed by atoms with E-state index >= 15 is 0 Å². The van der Waals surface area contributed by atoms with Crippen LogP contribution in [-0.2, 0) is 17.8 Å². The molecular weight excluding hydrogens is 495 g/mol. The molecule has 1 N–H and O–H groups in total. The van der Waals surface area contributed by atoms with Gasteiger partial charge in [0, 0.05) is 17.8 Å². The molecule has 0 aliphatic carbocycles. The first-order valence-corrected chi connectivity index (χ1v) is 12.9. The molecule has 0 unspecified atom stereocenters. The minimum absolute atomic E-state index is 0.277. The third-order valence-corrected chi connectivity index (χ3v) is 6.64. The Kier molecular flexibility index (Phi) is 7.87. The van der Waals surface area contributed by atoms with Crippen molar-refractivity contribution in [2.45, 2.75) is 25.9 Å². The number of rotatable bonds is 8. The van der Waals surface area contributed by atoms with Gasteiger partial charge in [-0.1, -0.05) is 67.6 Å². The summed E-state index contributed by atoms with van der Waals surface area (Å²) in [5, 5.41) is 2.98. The Balaban J connectivity index is 1.61. The Labute approximate surface area is 227 Å². The second-order valence-electron chi connectivity index (χ2n) is 9.17. The number of amides is 2. The summed E-state index contributed by atoms with van der Waals surface area (Å²) in [4.78, 5) is 29.8. The van der Waals surface area contributed by atoms with Crippen LogP contribution in [0.15, 0.2) is 97.1 Å². The first kappa shape index (κ1) is 26.0. The Morgan fingerprint density at radius 2 is 1.56 bits per heavy atom. The molecule has 1 atom stereocenters. The fraction of sp³-hybridized carbons (Fsp3) is 0.188. The smallest absolute Gasteiger partial charge is 0.259 e. The second-order valence-corrected chi connectivity index (χ2v) is 9.17. The number of hydrogen-bond donors (Lipinski definition) is 1. The number of hydrogen-bond acceptors (Lipinski definition) is 4. The predicted octanol–water partition coefficient (Wildman–Crippen LogP) is 5.86. The third kappa shape index (κ3) is 5.77. The van der Waals surface area contributed by atoms with Crippen LogP contribution in [-0.4, -0.2) is 25.0 Å². The van der Waals surface area contributed by atoms with Gasteiger partial charge in [-0.15, -0.1) is 0 Å². The van der Waals surface area contributed by atoms with Gasteiger partial charge in [0.1, 0.15) is 25.1 Å². The number of fused-ring (bicyclic) bond motifs is 1. The summed E-state index contributed by atoms with van der Waals surface area (Å²) in [5.74, 6) is -0.170. The number of carbonyl (C=O) groups excluding carboxylic acids is 2. The molecule has 0 radical (unpaired) electrons. The molecule has 198 valence electrons. The average Bonchev–Trinajstić information content (AvgIpc) is 2.99. The minimum atomic E-state index is -1.07. The normalized spacial score (nSPS) is 12.9. The number of nitrogens with one attached hydrogen (secondary N) is 1. The molecule has 1 aliphatic heterocycles. The maximum atomic E-state index is 14.3. The van der Waals surface area contributed by atoms with Crippen LogP contribution < -0.4 is 19.7 Å². The van der Waals surface area contributed by atoms with E-state index in [0.29, 0.717) is 47.9 Å². The molecule has 0 aromatic heterocycles. The van der Waals surface area contributed by atoms with Crippen LogP contribution in [0.4, 0.5) is 10.1 Å². The van der Waals surface area contributed by atoms with Crippen molar-refractivity contribution in [2.24, 2.45) is 0 Å². The highest BCUT2D eigenvalue weighted by Crippen LogP contribution is 2.36. The van der Waals surface area contributed by atoms with Crippen molar-refractivity contribution in [3.63, 3.8) is 0 Å². The Bertz CT molecular complexity index is 1460. The van der Waals surface area contributed by atoms with Gasteiger partial charge in [0.15, 0.2) is 11.5 Å². The Hall–Kier alpha value is -4.65. The molecule has 4 aromatic rings. The Morgan fingerprint density at radius 1 is 0.872 bits per heavy atom. The second kappa shape index (κ2) is 11.8. The van der Waals surface area contributed by atoms with Crippen LogP contribution >= 0.6 is 0 Å². The summed E-state index contributed by atoms with van der Waals surface area (Å²) in [7, 11) is 0. The third-order valence-electron chi connectivity index (χ3n) is 6.64. The number of carbonyl (C=O) groups is 2. The zero-order valence-electron chi connectivity index (χ0n) is 21.6. The van der Waals surface area contributed by atoms with Crippen molar-refractivity contribution < 1.29 is 23.5 Å². The fourth-order valence-electron chi connectivity index (χ4n) is 4.67. The van der Waals surface area contributed by atoms with Gasteiger partial charge in [0.2, 0.25) is 5.91 Å². The first-order valence-electron chi connectivity index (χ1n) is 12.9. The van der Waals surface area contributed by atoms with Crippen molar-refractivity contribution in [3.8, 4) is 11.5 Å². The number of aryl methyl sites for hydroxylation is 1. The average molecular weight is 525 g/mol. The minimum Gasteiger partial charge on any atom is -0.486 e. The molecule has 0 spiro atoms. The molecule has 7 heteroatoms. The van der Waals surface area contributed by atoms with Gasteiger partial charge < -0.3 is 14.8 Å². The number of nitrogens with zero attached hydrogens (tertiary/aromatic N) is 1. The van der Waals surface area contributed by atoms with E-state index in [1.807, 2.05) is 61.5 Å². The number of anilines is 1. The summed E-state index contributed by atoms with van der Waals surface area (Å²) in [6.07, 6.45) is 0.642. The summed E-state index contributed by atoms with van der Waals surface area (Å²) < 4.78 is 25.3. The zero-order chi connectivity index (χ0) is 27.2. The van der Waals surface area contributed by atoms with Crippen LogP contribution in [0.3, 0.4) is 0 Å². The lowest BCUT2D eigenvalue weighted by atomic mass is 9.99. The molecule has 0 bridgehead atoms. The van der Waals surface area contributed by atoms with E-state index in [4.69, 9.17) is 9.47 Å². The molecule has 0 fully saturated rings. The van der Waals surface area contributed by atoms with E-state index in [9.17, 15) is 14.0 Å². The molecular formula is C32H29FN2O4. The molecule has 1 aliphatic rings. The van der Waals surface area contributed by atoms with Crippen LogP contribution in [0.5, 0.6) is 11.5 Å². The quantitative estimate of drug-likeness (QED) is 0.313. The highest BCUT2D eigenvalue weighted by molar-refractivity contribution is 6.10. The largest absolute Gasteiger partial charge is 0.486 e. The number of para-hydroxylation sites is 1. The number of ether oxygens (including phenoxy) is 2. The molecule has 2 amide bonds. The van der Waals surface area contributed by atoms with E-state index in [-0.39, 0.29) is 12.5 Å². The highest BCUT2D eigenvalue weighted by Gasteiger charge is 2.35. The summed E-state index contributed by atoms with van der Waals surface area (Å²) in [6.45, 7) is 3.09. The fourth-order valence-corrected chi connectivity index (χ4v) is 4.67. The maximum Gasteiger partial charge on any atom is 0.259 e. The van der Waals surface area contributed by atoms with Crippen LogP contribution in [0.2, 0.25) is 0 Å². The van der Waals surface area contributed by atoms with Crippen molar-refractivity contribution in [2.75, 3.05) is 18.1 Å². The van der Waals surface area contributed by atoms with E-state index in [1.165, 1.54) is 17.0 Å². The van der Waals surface area contributed by atoms with Crippen molar-refractivity contribution >= 4 is 17.5 Å². The van der Waals surface area contributed by atoms with Gasteiger partial charge in [0.25, 0.3) is 5.91 Å². The summed E-state index contributed by atoms with van der Waals surface area (Å²) in [6, 6.07) is 26.6.